The zero-order chi connectivity index (χ0) is 14.1. The van der Waals surface area contributed by atoms with Gasteiger partial charge in [-0.3, -0.25) is 0 Å². The number of likely N-dealkylation sites (N-methyl/N-ethyl adjacent to an activating group) is 1. The maximum Gasteiger partial charge on any atom is 0.0469 e. The summed E-state index contributed by atoms with van der Waals surface area (Å²) in [7, 11) is 2.28. The molecule has 0 aromatic heterocycles. The molecule has 0 radical (unpaired) electrons. The van der Waals surface area contributed by atoms with E-state index in [0.29, 0.717) is 6.04 Å². The minimum absolute atomic E-state index is 0.634. The molecule has 19 heavy (non-hydrogen) atoms. The minimum Gasteiger partial charge on any atom is -0.381 e. The van der Waals surface area contributed by atoms with Crippen molar-refractivity contribution in [1.82, 2.24) is 10.2 Å². The molecule has 2 atom stereocenters. The number of nitrogens with zero attached hydrogens (tertiary/aromatic N) is 1. The summed E-state index contributed by atoms with van der Waals surface area (Å²) in [5.41, 5.74) is 0. The topological polar surface area (TPSA) is 24.5 Å². The van der Waals surface area contributed by atoms with Crippen LogP contribution >= 0.6 is 0 Å². The van der Waals surface area contributed by atoms with Gasteiger partial charge in [-0.25, -0.2) is 0 Å². The molecule has 2 unspecified atom stereocenters. The molecule has 0 bridgehead atoms. The molecular weight excluding hydrogens is 236 g/mol. The van der Waals surface area contributed by atoms with Gasteiger partial charge >= 0.3 is 0 Å². The van der Waals surface area contributed by atoms with Crippen molar-refractivity contribution in [3.8, 4) is 0 Å². The number of hydrogen-bond acceptors (Lipinski definition) is 3. The summed E-state index contributed by atoms with van der Waals surface area (Å²) in [6, 6.07) is 0.634. The van der Waals surface area contributed by atoms with Gasteiger partial charge in [0.2, 0.25) is 0 Å². The molecule has 114 valence electrons. The smallest absolute Gasteiger partial charge is 0.0469 e. The van der Waals surface area contributed by atoms with E-state index in [4.69, 9.17) is 4.74 Å². The highest BCUT2D eigenvalue weighted by atomic mass is 16.5. The van der Waals surface area contributed by atoms with E-state index in [9.17, 15) is 0 Å². The summed E-state index contributed by atoms with van der Waals surface area (Å²) < 4.78 is 5.44. The van der Waals surface area contributed by atoms with Crippen molar-refractivity contribution in [2.45, 2.75) is 52.5 Å². The van der Waals surface area contributed by atoms with Crippen molar-refractivity contribution in [2.24, 2.45) is 11.8 Å². The van der Waals surface area contributed by atoms with Gasteiger partial charge in [-0.1, -0.05) is 27.2 Å². The Kier molecular flexibility index (Phi) is 8.67. The SMILES string of the molecule is CCCNC(CN(C)CC1CCOCC1)C(C)CC. The number of hydrogen-bond donors (Lipinski definition) is 1. The van der Waals surface area contributed by atoms with Crippen LogP contribution in [0, 0.1) is 11.8 Å². The first-order chi connectivity index (χ1) is 9.17. The van der Waals surface area contributed by atoms with Gasteiger partial charge < -0.3 is 15.0 Å². The number of nitrogens with one attached hydrogen (secondary N) is 1. The second-order valence-electron chi connectivity index (χ2n) is 6.22. The Morgan fingerprint density at radius 1 is 1.26 bits per heavy atom. The van der Waals surface area contributed by atoms with Gasteiger partial charge in [0.05, 0.1) is 0 Å². The van der Waals surface area contributed by atoms with Crippen molar-refractivity contribution in [3.63, 3.8) is 0 Å². The fourth-order valence-electron chi connectivity index (χ4n) is 2.84. The summed E-state index contributed by atoms with van der Waals surface area (Å²) >= 11 is 0. The molecule has 1 rings (SSSR count). The summed E-state index contributed by atoms with van der Waals surface area (Å²) in [6.07, 6.45) is 4.95. The number of rotatable bonds is 9. The quantitative estimate of drug-likeness (QED) is 0.697. The molecule has 1 aliphatic heterocycles. The van der Waals surface area contributed by atoms with Crippen LogP contribution in [0.2, 0.25) is 0 Å². The highest BCUT2D eigenvalue weighted by Crippen LogP contribution is 2.16. The fourth-order valence-corrected chi connectivity index (χ4v) is 2.84. The molecule has 1 saturated heterocycles. The molecule has 3 nitrogen and oxygen atoms in total. The maximum atomic E-state index is 5.44. The van der Waals surface area contributed by atoms with Gasteiger partial charge in [0, 0.05) is 32.3 Å². The van der Waals surface area contributed by atoms with Crippen LogP contribution < -0.4 is 5.32 Å². The summed E-state index contributed by atoms with van der Waals surface area (Å²) in [4.78, 5) is 2.52. The van der Waals surface area contributed by atoms with E-state index in [1.54, 1.807) is 0 Å². The molecule has 3 heteroatoms. The molecule has 1 N–H and O–H groups in total. The molecule has 0 aromatic rings. The van der Waals surface area contributed by atoms with Gasteiger partial charge in [-0.15, -0.1) is 0 Å². The van der Waals surface area contributed by atoms with Gasteiger partial charge in [0.1, 0.15) is 0 Å². The number of ether oxygens (including phenoxy) is 1. The maximum absolute atomic E-state index is 5.44. The zero-order valence-electron chi connectivity index (χ0n) is 13.5. The minimum atomic E-state index is 0.634. The average Bonchev–Trinajstić information content (AvgIpc) is 2.43. The van der Waals surface area contributed by atoms with Crippen molar-refractivity contribution in [2.75, 3.05) is 39.9 Å². The van der Waals surface area contributed by atoms with E-state index in [2.05, 4.69) is 38.0 Å². The molecule has 0 aliphatic carbocycles. The van der Waals surface area contributed by atoms with E-state index < -0.39 is 0 Å². The largest absolute Gasteiger partial charge is 0.381 e. The third-order valence-corrected chi connectivity index (χ3v) is 4.41. The van der Waals surface area contributed by atoms with Gasteiger partial charge in [-0.2, -0.15) is 0 Å². The van der Waals surface area contributed by atoms with Crippen molar-refractivity contribution in [3.05, 3.63) is 0 Å². The molecule has 0 saturated carbocycles. The second kappa shape index (κ2) is 9.73. The molecule has 0 spiro atoms. The van der Waals surface area contributed by atoms with E-state index >= 15 is 0 Å². The molecule has 1 fully saturated rings. The van der Waals surface area contributed by atoms with Crippen LogP contribution in [0.25, 0.3) is 0 Å². The van der Waals surface area contributed by atoms with Gasteiger partial charge in [0.15, 0.2) is 0 Å². The third kappa shape index (κ3) is 6.73. The summed E-state index contributed by atoms with van der Waals surface area (Å²) in [5, 5.41) is 3.72. The zero-order valence-corrected chi connectivity index (χ0v) is 13.5. The van der Waals surface area contributed by atoms with E-state index in [-0.39, 0.29) is 0 Å². The van der Waals surface area contributed by atoms with E-state index in [0.717, 1.165) is 31.6 Å². The lowest BCUT2D eigenvalue weighted by Gasteiger charge is -2.32. The lowest BCUT2D eigenvalue weighted by Crippen LogP contribution is -2.45. The first-order valence-corrected chi connectivity index (χ1v) is 8.17. The van der Waals surface area contributed by atoms with Crippen LogP contribution in [0.5, 0.6) is 0 Å². The van der Waals surface area contributed by atoms with E-state index in [1.165, 1.54) is 38.8 Å². The normalized spacial score (nSPS) is 20.7. The van der Waals surface area contributed by atoms with Crippen molar-refractivity contribution < 1.29 is 4.74 Å². The Morgan fingerprint density at radius 2 is 1.95 bits per heavy atom. The molecular formula is C16H34N2O. The van der Waals surface area contributed by atoms with Crippen LogP contribution in [0.1, 0.15) is 46.5 Å². The second-order valence-corrected chi connectivity index (χ2v) is 6.22. The predicted molar refractivity (Wildman–Crippen MR) is 82.6 cm³/mol. The Balaban J connectivity index is 2.33. The van der Waals surface area contributed by atoms with Crippen LogP contribution in [-0.4, -0.2) is 50.8 Å². The third-order valence-electron chi connectivity index (χ3n) is 4.41. The van der Waals surface area contributed by atoms with Crippen LogP contribution in [0.4, 0.5) is 0 Å². The molecule has 1 aliphatic rings. The average molecular weight is 270 g/mol. The first kappa shape index (κ1) is 16.9. The lowest BCUT2D eigenvalue weighted by molar-refractivity contribution is 0.0539. The van der Waals surface area contributed by atoms with Crippen LogP contribution in [-0.2, 0) is 4.74 Å². The Labute approximate surface area is 120 Å². The van der Waals surface area contributed by atoms with Gasteiger partial charge in [-0.05, 0) is 44.7 Å². The van der Waals surface area contributed by atoms with Crippen molar-refractivity contribution >= 4 is 0 Å². The summed E-state index contributed by atoms with van der Waals surface area (Å²) in [6.45, 7) is 12.4. The summed E-state index contributed by atoms with van der Waals surface area (Å²) in [5.74, 6) is 1.59. The first-order valence-electron chi connectivity index (χ1n) is 8.17. The Hall–Kier alpha value is -0.120. The monoisotopic (exact) mass is 270 g/mol. The van der Waals surface area contributed by atoms with Crippen LogP contribution in [0.3, 0.4) is 0 Å². The highest BCUT2D eigenvalue weighted by Gasteiger charge is 2.20. The molecule has 0 aromatic carbocycles. The lowest BCUT2D eigenvalue weighted by atomic mass is 9.96. The Bertz CT molecular complexity index is 217. The Morgan fingerprint density at radius 3 is 2.53 bits per heavy atom. The van der Waals surface area contributed by atoms with E-state index in [1.807, 2.05) is 0 Å². The standard InChI is InChI=1S/C16H34N2O/c1-5-9-17-16(14(3)6-2)13-18(4)12-15-7-10-19-11-8-15/h14-17H,5-13H2,1-4H3. The molecule has 1 heterocycles. The fraction of sp³-hybridized carbons (Fsp3) is 1.00. The van der Waals surface area contributed by atoms with Gasteiger partial charge in [0.25, 0.3) is 0 Å². The van der Waals surface area contributed by atoms with Crippen molar-refractivity contribution in [1.29, 1.82) is 0 Å². The predicted octanol–water partition coefficient (Wildman–Crippen LogP) is 2.76. The molecule has 0 amide bonds. The van der Waals surface area contributed by atoms with Crippen LogP contribution in [0.15, 0.2) is 0 Å². The highest BCUT2D eigenvalue weighted by molar-refractivity contribution is 4.77.